The summed E-state index contributed by atoms with van der Waals surface area (Å²) >= 11 is 6.21. The molecule has 3 heterocycles. The molecule has 36 heavy (non-hydrogen) atoms. The lowest BCUT2D eigenvalue weighted by molar-refractivity contribution is 0.102. The lowest BCUT2D eigenvalue weighted by atomic mass is 10.1. The standard InChI is InChI=1S/C25H19ClF2N6O2/c1-36-18-8-6-15(7-9-18)21-10-22(23(27)28)34-24(32-21)19(12-30-34)25(35)31-17-11-29-33(14-17)13-16-4-2-3-5-20(16)26/h2-12,14,23H,13H2,1H3,(H,31,35). The number of hydrogen-bond acceptors (Lipinski definition) is 5. The Labute approximate surface area is 209 Å². The summed E-state index contributed by atoms with van der Waals surface area (Å²) in [6.07, 6.45) is 1.52. The lowest BCUT2D eigenvalue weighted by Crippen LogP contribution is -2.12. The Bertz CT molecular complexity index is 1550. The second-order valence-corrected chi connectivity index (χ2v) is 8.27. The highest BCUT2D eigenvalue weighted by Gasteiger charge is 2.22. The third-order valence-corrected chi connectivity index (χ3v) is 5.90. The fourth-order valence-corrected chi connectivity index (χ4v) is 3.92. The van der Waals surface area contributed by atoms with Crippen molar-refractivity contribution in [3.8, 4) is 17.0 Å². The number of aromatic nitrogens is 5. The maximum Gasteiger partial charge on any atom is 0.280 e. The van der Waals surface area contributed by atoms with Crippen LogP contribution in [0.2, 0.25) is 5.02 Å². The molecule has 1 N–H and O–H groups in total. The van der Waals surface area contributed by atoms with E-state index in [9.17, 15) is 13.6 Å². The van der Waals surface area contributed by atoms with Crippen LogP contribution in [0.15, 0.2) is 73.2 Å². The number of fused-ring (bicyclic) bond motifs is 1. The Morgan fingerprint density at radius 2 is 1.89 bits per heavy atom. The van der Waals surface area contributed by atoms with Crippen molar-refractivity contribution in [3.05, 3.63) is 95.0 Å². The summed E-state index contributed by atoms with van der Waals surface area (Å²) in [5, 5.41) is 11.6. The topological polar surface area (TPSA) is 86.3 Å². The first-order valence-electron chi connectivity index (χ1n) is 10.8. The third kappa shape index (κ3) is 4.63. The summed E-state index contributed by atoms with van der Waals surface area (Å²) in [6.45, 7) is 0.413. The number of nitrogens with zero attached hydrogens (tertiary/aromatic N) is 5. The molecule has 2 aromatic carbocycles. The molecule has 3 aromatic heterocycles. The predicted molar refractivity (Wildman–Crippen MR) is 131 cm³/mol. The first-order valence-corrected chi connectivity index (χ1v) is 11.2. The second kappa shape index (κ2) is 9.74. The van der Waals surface area contributed by atoms with Gasteiger partial charge in [-0.25, -0.2) is 18.3 Å². The van der Waals surface area contributed by atoms with Gasteiger partial charge in [-0.3, -0.25) is 9.48 Å². The normalized spacial score (nSPS) is 11.2. The highest BCUT2D eigenvalue weighted by Crippen LogP contribution is 2.28. The van der Waals surface area contributed by atoms with E-state index in [1.165, 1.54) is 25.6 Å². The van der Waals surface area contributed by atoms with Gasteiger partial charge >= 0.3 is 0 Å². The van der Waals surface area contributed by atoms with Gasteiger partial charge in [-0.1, -0.05) is 29.8 Å². The Kier molecular flexibility index (Phi) is 6.34. The summed E-state index contributed by atoms with van der Waals surface area (Å²) in [6, 6.07) is 15.5. The molecular weight excluding hydrogens is 490 g/mol. The molecule has 8 nitrogen and oxygen atoms in total. The molecule has 0 aliphatic rings. The highest BCUT2D eigenvalue weighted by atomic mass is 35.5. The number of amides is 1. The van der Waals surface area contributed by atoms with E-state index in [1.54, 1.807) is 41.2 Å². The van der Waals surface area contributed by atoms with Gasteiger partial charge in [0.25, 0.3) is 12.3 Å². The molecule has 0 saturated heterocycles. The number of rotatable bonds is 7. The van der Waals surface area contributed by atoms with Crippen LogP contribution in [0.1, 0.15) is 28.0 Å². The average Bonchev–Trinajstić information content (AvgIpc) is 3.51. The molecule has 182 valence electrons. The molecule has 0 fully saturated rings. The van der Waals surface area contributed by atoms with Gasteiger partial charge in [0.2, 0.25) is 0 Å². The minimum atomic E-state index is -2.83. The smallest absolute Gasteiger partial charge is 0.280 e. The van der Waals surface area contributed by atoms with Gasteiger partial charge in [0.1, 0.15) is 17.0 Å². The molecule has 0 aliphatic heterocycles. The van der Waals surface area contributed by atoms with Crippen molar-refractivity contribution >= 4 is 28.8 Å². The van der Waals surface area contributed by atoms with E-state index in [-0.39, 0.29) is 22.6 Å². The van der Waals surface area contributed by atoms with Gasteiger partial charge in [-0.2, -0.15) is 10.2 Å². The zero-order valence-corrected chi connectivity index (χ0v) is 19.7. The molecule has 5 aromatic rings. The average molecular weight is 509 g/mol. The Hall–Kier alpha value is -4.31. The fraction of sp³-hybridized carbons (Fsp3) is 0.120. The second-order valence-electron chi connectivity index (χ2n) is 7.86. The first kappa shape index (κ1) is 23.4. The van der Waals surface area contributed by atoms with Crippen molar-refractivity contribution in [3.63, 3.8) is 0 Å². The predicted octanol–water partition coefficient (Wildman–Crippen LogP) is 5.49. The van der Waals surface area contributed by atoms with E-state index in [4.69, 9.17) is 16.3 Å². The van der Waals surface area contributed by atoms with Crippen LogP contribution in [0, 0.1) is 0 Å². The van der Waals surface area contributed by atoms with E-state index >= 15 is 0 Å². The Morgan fingerprint density at radius 3 is 2.61 bits per heavy atom. The number of alkyl halides is 2. The zero-order chi connectivity index (χ0) is 25.2. The maximum absolute atomic E-state index is 13.8. The van der Waals surface area contributed by atoms with Gasteiger partial charge in [-0.05, 0) is 42.0 Å². The minimum absolute atomic E-state index is 0.0135. The van der Waals surface area contributed by atoms with Crippen LogP contribution in [0.25, 0.3) is 16.9 Å². The van der Waals surface area contributed by atoms with E-state index in [2.05, 4.69) is 20.5 Å². The Morgan fingerprint density at radius 1 is 1.11 bits per heavy atom. The van der Waals surface area contributed by atoms with Gasteiger partial charge in [0, 0.05) is 16.8 Å². The molecule has 0 radical (unpaired) electrons. The number of benzene rings is 2. The van der Waals surface area contributed by atoms with Gasteiger partial charge in [0.15, 0.2) is 5.65 Å². The quantitative estimate of drug-likeness (QED) is 0.314. The van der Waals surface area contributed by atoms with Gasteiger partial charge in [0.05, 0.1) is 37.4 Å². The highest BCUT2D eigenvalue weighted by molar-refractivity contribution is 6.31. The van der Waals surface area contributed by atoms with Crippen LogP contribution in [-0.4, -0.2) is 37.4 Å². The fourth-order valence-electron chi connectivity index (χ4n) is 3.73. The van der Waals surface area contributed by atoms with E-state index < -0.39 is 12.3 Å². The number of methoxy groups -OCH3 is 1. The van der Waals surface area contributed by atoms with Gasteiger partial charge in [-0.15, -0.1) is 0 Å². The number of nitrogens with one attached hydrogen (secondary N) is 1. The number of carbonyl (C=O) groups is 1. The largest absolute Gasteiger partial charge is 0.497 e. The summed E-state index contributed by atoms with van der Waals surface area (Å²) in [5.41, 5.74) is 1.85. The summed E-state index contributed by atoms with van der Waals surface area (Å²) < 4.78 is 35.5. The minimum Gasteiger partial charge on any atom is -0.497 e. The monoisotopic (exact) mass is 508 g/mol. The van der Waals surface area contributed by atoms with Crippen molar-refractivity contribution in [1.29, 1.82) is 0 Å². The zero-order valence-electron chi connectivity index (χ0n) is 18.9. The summed E-state index contributed by atoms with van der Waals surface area (Å²) in [5.74, 6) is 0.0651. The van der Waals surface area contributed by atoms with E-state index in [0.717, 1.165) is 10.1 Å². The number of carbonyl (C=O) groups excluding carboxylic acids is 1. The van der Waals surface area contributed by atoms with Crippen molar-refractivity contribution in [2.45, 2.75) is 13.0 Å². The molecule has 0 atom stereocenters. The molecule has 0 aliphatic carbocycles. The van der Waals surface area contributed by atoms with Crippen LogP contribution < -0.4 is 10.1 Å². The number of halogens is 3. The van der Waals surface area contributed by atoms with Crippen molar-refractivity contribution in [2.24, 2.45) is 0 Å². The molecule has 0 unspecified atom stereocenters. The Balaban J connectivity index is 1.44. The number of ether oxygens (including phenoxy) is 1. The number of hydrogen-bond donors (Lipinski definition) is 1. The van der Waals surface area contributed by atoms with Gasteiger partial charge < -0.3 is 10.1 Å². The van der Waals surface area contributed by atoms with Crippen molar-refractivity contribution < 1.29 is 18.3 Å². The molecular formula is C25H19ClF2N6O2. The molecule has 5 rings (SSSR count). The van der Waals surface area contributed by atoms with Crippen LogP contribution in [0.4, 0.5) is 14.5 Å². The van der Waals surface area contributed by atoms with Crippen molar-refractivity contribution in [1.82, 2.24) is 24.4 Å². The van der Waals surface area contributed by atoms with Crippen LogP contribution in [-0.2, 0) is 6.54 Å². The molecule has 11 heteroatoms. The van der Waals surface area contributed by atoms with E-state index in [0.29, 0.717) is 28.6 Å². The molecule has 0 saturated carbocycles. The van der Waals surface area contributed by atoms with E-state index in [1.807, 2.05) is 18.2 Å². The van der Waals surface area contributed by atoms with Crippen LogP contribution in [0.3, 0.4) is 0 Å². The lowest BCUT2D eigenvalue weighted by Gasteiger charge is -2.09. The summed E-state index contributed by atoms with van der Waals surface area (Å²) in [4.78, 5) is 17.5. The number of anilines is 1. The van der Waals surface area contributed by atoms with Crippen LogP contribution >= 0.6 is 11.6 Å². The molecule has 0 bridgehead atoms. The summed E-state index contributed by atoms with van der Waals surface area (Å²) in [7, 11) is 1.53. The first-order chi connectivity index (χ1) is 17.4. The maximum atomic E-state index is 13.8. The third-order valence-electron chi connectivity index (χ3n) is 5.53. The van der Waals surface area contributed by atoms with Crippen molar-refractivity contribution in [2.75, 3.05) is 12.4 Å². The molecule has 0 spiro atoms. The SMILES string of the molecule is COc1ccc(-c2cc(C(F)F)n3ncc(C(=O)Nc4cnn(Cc5ccccc5Cl)c4)c3n2)cc1. The molecule has 1 amide bonds. The van der Waals surface area contributed by atoms with Crippen LogP contribution in [0.5, 0.6) is 5.75 Å².